The third-order valence-corrected chi connectivity index (χ3v) is 5.28. The Hall–Kier alpha value is -4.98. The van der Waals surface area contributed by atoms with Crippen LogP contribution < -0.4 is 20.2 Å². The van der Waals surface area contributed by atoms with E-state index in [0.29, 0.717) is 34.9 Å². The van der Waals surface area contributed by atoms with Crippen LogP contribution in [0.1, 0.15) is 29.3 Å². The second kappa shape index (κ2) is 12.1. The molecule has 2 amide bonds. The number of hydrogen-bond acceptors (Lipinski definition) is 6. The molecule has 0 spiro atoms. The number of carbonyl (C=O) groups excluding carboxylic acids is 3. The van der Waals surface area contributed by atoms with Crippen molar-refractivity contribution in [3.8, 4) is 11.5 Å². The number of ether oxygens (including phenoxy) is 2. The molecule has 0 radical (unpaired) electrons. The minimum atomic E-state index is -0.902. The quantitative estimate of drug-likeness (QED) is 0.118. The van der Waals surface area contributed by atoms with Crippen molar-refractivity contribution in [2.45, 2.75) is 13.3 Å². The Morgan fingerprint density at radius 3 is 2.27 bits per heavy atom. The minimum Gasteiger partial charge on any atom is -0.494 e. The lowest BCUT2D eigenvalue weighted by molar-refractivity contribution is -0.136. The summed E-state index contributed by atoms with van der Waals surface area (Å²) in [5.74, 6) is -1.18. The molecule has 0 aliphatic carbocycles. The largest absolute Gasteiger partial charge is 0.494 e. The van der Waals surface area contributed by atoms with Gasteiger partial charge < -0.3 is 14.8 Å². The fraction of sp³-hybridized carbons (Fsp3) is 0.103. The average Bonchev–Trinajstić information content (AvgIpc) is 2.93. The van der Waals surface area contributed by atoms with E-state index in [0.717, 1.165) is 17.2 Å². The van der Waals surface area contributed by atoms with Gasteiger partial charge in [-0.15, -0.1) is 0 Å². The highest BCUT2D eigenvalue weighted by Crippen LogP contribution is 2.22. The number of hydrazone groups is 1. The van der Waals surface area contributed by atoms with E-state index in [-0.39, 0.29) is 0 Å². The first-order valence-electron chi connectivity index (χ1n) is 11.7. The van der Waals surface area contributed by atoms with E-state index < -0.39 is 17.8 Å². The van der Waals surface area contributed by atoms with Gasteiger partial charge in [0.05, 0.1) is 18.4 Å². The van der Waals surface area contributed by atoms with Gasteiger partial charge in [-0.3, -0.25) is 9.59 Å². The molecule has 0 unspecified atom stereocenters. The van der Waals surface area contributed by atoms with Crippen molar-refractivity contribution in [2.24, 2.45) is 5.10 Å². The molecule has 2 N–H and O–H groups in total. The van der Waals surface area contributed by atoms with Crippen molar-refractivity contribution in [1.82, 2.24) is 5.43 Å². The predicted molar refractivity (Wildman–Crippen MR) is 142 cm³/mol. The summed E-state index contributed by atoms with van der Waals surface area (Å²) < 4.78 is 10.9. The van der Waals surface area contributed by atoms with Crippen molar-refractivity contribution in [3.63, 3.8) is 0 Å². The fourth-order valence-electron chi connectivity index (χ4n) is 3.42. The summed E-state index contributed by atoms with van der Waals surface area (Å²) in [5, 5.41) is 8.21. The third-order valence-electron chi connectivity index (χ3n) is 5.28. The van der Waals surface area contributed by atoms with Gasteiger partial charge in [-0.2, -0.15) is 5.10 Å². The Kier molecular flexibility index (Phi) is 8.23. The standard InChI is InChI=1S/C29H25N3O5/c1-2-18-36-23-16-12-22(13-17-23)29(35)37-24-14-10-20(11-15-24)19-30-32-28(34)27(33)31-26-9-5-7-21-6-3-4-8-25(21)26/h3-17,19H,2,18H2,1H3,(H,31,33)(H,32,34). The monoisotopic (exact) mass is 495 g/mol. The van der Waals surface area contributed by atoms with Gasteiger partial charge in [0.1, 0.15) is 11.5 Å². The molecule has 0 saturated carbocycles. The van der Waals surface area contributed by atoms with Gasteiger partial charge in [-0.1, -0.05) is 43.3 Å². The van der Waals surface area contributed by atoms with Crippen LogP contribution in [0.5, 0.6) is 11.5 Å². The molecule has 0 aliphatic rings. The van der Waals surface area contributed by atoms with E-state index in [9.17, 15) is 14.4 Å². The maximum Gasteiger partial charge on any atom is 0.343 e. The molecular formula is C29H25N3O5. The Labute approximate surface area is 213 Å². The van der Waals surface area contributed by atoms with Crippen molar-refractivity contribution >= 4 is 40.5 Å². The molecule has 0 bridgehead atoms. The average molecular weight is 496 g/mol. The van der Waals surface area contributed by atoms with Crippen LogP contribution in [0.4, 0.5) is 5.69 Å². The molecule has 0 atom stereocenters. The molecule has 8 heteroatoms. The maximum atomic E-state index is 12.4. The summed E-state index contributed by atoms with van der Waals surface area (Å²) in [7, 11) is 0. The first-order valence-corrected chi connectivity index (χ1v) is 11.7. The zero-order valence-corrected chi connectivity index (χ0v) is 20.1. The van der Waals surface area contributed by atoms with Crippen LogP contribution in [0.25, 0.3) is 10.8 Å². The van der Waals surface area contributed by atoms with Crippen LogP contribution in [0.3, 0.4) is 0 Å². The number of nitrogens with one attached hydrogen (secondary N) is 2. The summed E-state index contributed by atoms with van der Waals surface area (Å²) in [6.45, 7) is 2.63. The molecule has 0 aromatic heterocycles. The van der Waals surface area contributed by atoms with E-state index in [2.05, 4.69) is 15.8 Å². The number of esters is 1. The Morgan fingerprint density at radius 2 is 1.51 bits per heavy atom. The minimum absolute atomic E-state index is 0.354. The summed E-state index contributed by atoms with van der Waals surface area (Å²) >= 11 is 0. The lowest BCUT2D eigenvalue weighted by atomic mass is 10.1. The van der Waals surface area contributed by atoms with Crippen LogP contribution in [-0.2, 0) is 9.59 Å². The number of carbonyl (C=O) groups is 3. The van der Waals surface area contributed by atoms with Crippen LogP contribution in [-0.4, -0.2) is 30.6 Å². The number of nitrogens with zero attached hydrogens (tertiary/aromatic N) is 1. The maximum absolute atomic E-state index is 12.4. The Morgan fingerprint density at radius 1 is 0.811 bits per heavy atom. The number of amides is 2. The molecular weight excluding hydrogens is 470 g/mol. The van der Waals surface area contributed by atoms with Crippen molar-refractivity contribution in [3.05, 3.63) is 102 Å². The normalized spacial score (nSPS) is 10.7. The third kappa shape index (κ3) is 6.79. The smallest absolute Gasteiger partial charge is 0.343 e. The molecule has 37 heavy (non-hydrogen) atoms. The van der Waals surface area contributed by atoms with Gasteiger partial charge in [0.25, 0.3) is 0 Å². The molecule has 4 rings (SSSR count). The van der Waals surface area contributed by atoms with Crippen LogP contribution in [0.15, 0.2) is 96.1 Å². The number of benzene rings is 4. The van der Waals surface area contributed by atoms with Gasteiger partial charge in [0.15, 0.2) is 0 Å². The fourth-order valence-corrected chi connectivity index (χ4v) is 3.42. The lowest BCUT2D eigenvalue weighted by Gasteiger charge is -2.07. The molecule has 0 heterocycles. The second-order valence-corrected chi connectivity index (χ2v) is 8.01. The van der Waals surface area contributed by atoms with E-state index in [1.165, 1.54) is 6.21 Å². The highest BCUT2D eigenvalue weighted by atomic mass is 16.5. The first kappa shape index (κ1) is 25.1. The predicted octanol–water partition coefficient (Wildman–Crippen LogP) is 4.94. The van der Waals surface area contributed by atoms with E-state index in [1.807, 2.05) is 37.3 Å². The summed E-state index contributed by atoms with van der Waals surface area (Å²) in [5.41, 5.74) is 3.78. The van der Waals surface area contributed by atoms with Gasteiger partial charge in [-0.05, 0) is 72.0 Å². The number of fused-ring (bicyclic) bond motifs is 1. The number of hydrogen-bond donors (Lipinski definition) is 2. The van der Waals surface area contributed by atoms with Crippen LogP contribution in [0.2, 0.25) is 0 Å². The van der Waals surface area contributed by atoms with Gasteiger partial charge in [-0.25, -0.2) is 10.2 Å². The van der Waals surface area contributed by atoms with Crippen molar-refractivity contribution in [2.75, 3.05) is 11.9 Å². The zero-order valence-electron chi connectivity index (χ0n) is 20.1. The Bertz CT molecular complexity index is 1430. The van der Waals surface area contributed by atoms with Gasteiger partial charge in [0.2, 0.25) is 0 Å². The molecule has 186 valence electrons. The van der Waals surface area contributed by atoms with Crippen LogP contribution >= 0.6 is 0 Å². The van der Waals surface area contributed by atoms with Gasteiger partial charge in [0, 0.05) is 11.1 Å². The molecule has 4 aromatic rings. The first-order chi connectivity index (χ1) is 18.0. The topological polar surface area (TPSA) is 106 Å². The van der Waals surface area contributed by atoms with E-state index in [4.69, 9.17) is 9.47 Å². The van der Waals surface area contributed by atoms with Gasteiger partial charge >= 0.3 is 17.8 Å². The number of anilines is 1. The van der Waals surface area contributed by atoms with E-state index >= 15 is 0 Å². The summed E-state index contributed by atoms with van der Waals surface area (Å²) in [6.07, 6.45) is 2.28. The molecule has 0 aliphatic heterocycles. The summed E-state index contributed by atoms with van der Waals surface area (Å²) in [4.78, 5) is 36.8. The van der Waals surface area contributed by atoms with E-state index in [1.54, 1.807) is 60.7 Å². The molecule has 4 aromatic carbocycles. The highest BCUT2D eigenvalue weighted by Gasteiger charge is 2.14. The van der Waals surface area contributed by atoms with Crippen molar-refractivity contribution in [1.29, 1.82) is 0 Å². The van der Waals surface area contributed by atoms with Crippen molar-refractivity contribution < 1.29 is 23.9 Å². The Balaban J connectivity index is 1.28. The molecule has 0 saturated heterocycles. The van der Waals surface area contributed by atoms with Crippen LogP contribution in [0, 0.1) is 0 Å². The highest BCUT2D eigenvalue weighted by molar-refractivity contribution is 6.40. The molecule has 0 fully saturated rings. The SMILES string of the molecule is CCCOc1ccc(C(=O)Oc2ccc(C=NNC(=O)C(=O)Nc3cccc4ccccc34)cc2)cc1. The molecule has 8 nitrogen and oxygen atoms in total. The number of rotatable bonds is 8. The lowest BCUT2D eigenvalue weighted by Crippen LogP contribution is -2.32. The zero-order chi connectivity index (χ0) is 26.0. The summed E-state index contributed by atoms with van der Waals surface area (Å²) in [6, 6.07) is 26.3. The second-order valence-electron chi connectivity index (χ2n) is 8.01.